The number of aromatic nitrogens is 4. The molecule has 0 spiro atoms. The monoisotopic (exact) mass is 919 g/mol. The number of imide groups is 2. The van der Waals surface area contributed by atoms with Crippen molar-refractivity contribution in [3.63, 3.8) is 0 Å². The van der Waals surface area contributed by atoms with E-state index in [2.05, 4.69) is 46.6 Å². The number of likely N-dealkylation sites (tertiary alicyclic amines) is 1. The van der Waals surface area contributed by atoms with Crippen molar-refractivity contribution in [2.24, 2.45) is 5.92 Å². The lowest BCUT2D eigenvalue weighted by Crippen LogP contribution is -2.54. The maximum Gasteiger partial charge on any atom is 0.284 e. The van der Waals surface area contributed by atoms with Gasteiger partial charge in [0.05, 0.1) is 41.9 Å². The quantitative estimate of drug-likeness (QED) is 0.0595. The van der Waals surface area contributed by atoms with Crippen molar-refractivity contribution in [2.45, 2.75) is 57.0 Å². The number of halogens is 2. The minimum atomic E-state index is -3.00. The van der Waals surface area contributed by atoms with Crippen molar-refractivity contribution in [2.75, 3.05) is 61.9 Å². The number of amides is 6. The Kier molecular flexibility index (Phi) is 13.1. The van der Waals surface area contributed by atoms with E-state index in [1.54, 1.807) is 48.7 Å². The van der Waals surface area contributed by atoms with Gasteiger partial charge in [0.25, 0.3) is 30.1 Å². The molecule has 3 aromatic heterocycles. The Bertz CT molecular complexity index is 2690. The summed E-state index contributed by atoms with van der Waals surface area (Å²) in [6.45, 7) is 4.16. The number of carbonyl (C=O) groups is 6. The zero-order valence-electron chi connectivity index (χ0n) is 36.1. The van der Waals surface area contributed by atoms with E-state index >= 15 is 0 Å². The second kappa shape index (κ2) is 19.6. The summed E-state index contributed by atoms with van der Waals surface area (Å²) in [6.07, 6.45) is 5.22. The summed E-state index contributed by atoms with van der Waals surface area (Å²) in [6, 6.07) is 13.8. The van der Waals surface area contributed by atoms with Gasteiger partial charge in [0.1, 0.15) is 18.1 Å². The van der Waals surface area contributed by atoms with Gasteiger partial charge in [-0.05, 0) is 92.6 Å². The first-order chi connectivity index (χ1) is 32.5. The van der Waals surface area contributed by atoms with Crippen molar-refractivity contribution >= 4 is 52.6 Å². The minimum absolute atomic E-state index is 0.0575. The average Bonchev–Trinajstić information content (AvgIpc) is 3.74. The van der Waals surface area contributed by atoms with Crippen LogP contribution in [0.4, 0.5) is 26.0 Å². The molecule has 21 heteroatoms. The molecule has 5 aromatic rings. The van der Waals surface area contributed by atoms with Gasteiger partial charge in [-0.1, -0.05) is 0 Å². The highest BCUT2D eigenvalue weighted by Gasteiger charge is 2.44. The van der Waals surface area contributed by atoms with Gasteiger partial charge in [0.2, 0.25) is 17.7 Å². The van der Waals surface area contributed by atoms with Crippen molar-refractivity contribution < 1.29 is 46.7 Å². The van der Waals surface area contributed by atoms with E-state index in [1.165, 1.54) is 35.9 Å². The van der Waals surface area contributed by atoms with E-state index in [-0.39, 0.29) is 59.7 Å². The van der Waals surface area contributed by atoms with Crippen molar-refractivity contribution in [3.05, 3.63) is 101 Å². The number of benzene rings is 2. The Morgan fingerprint density at radius 3 is 2.46 bits per heavy atom. The van der Waals surface area contributed by atoms with Crippen molar-refractivity contribution in [1.82, 2.24) is 40.2 Å². The maximum atomic E-state index is 14.1. The fraction of sp³-hybridized carbons (Fsp3) is 0.370. The number of ether oxygens (including phenoxy) is 1. The van der Waals surface area contributed by atoms with Crippen LogP contribution in [0.25, 0.3) is 17.1 Å². The molecule has 3 aliphatic heterocycles. The summed E-state index contributed by atoms with van der Waals surface area (Å²) in [5.41, 5.74) is 1.52. The summed E-state index contributed by atoms with van der Waals surface area (Å²) >= 11 is 0. The minimum Gasteiger partial charge on any atom is -0.444 e. The smallest absolute Gasteiger partial charge is 0.284 e. The third kappa shape index (κ3) is 10.4. The molecule has 5 N–H and O–H groups in total. The number of carbonyl (C=O) groups excluding carboxylic acids is 6. The van der Waals surface area contributed by atoms with Crippen LogP contribution in [-0.4, -0.2) is 123 Å². The Labute approximate surface area is 382 Å². The van der Waals surface area contributed by atoms with Gasteiger partial charge < -0.3 is 35.3 Å². The molecule has 1 unspecified atom stereocenters. The topological polar surface area (TPSA) is 235 Å². The first kappa shape index (κ1) is 44.8. The van der Waals surface area contributed by atoms with Gasteiger partial charge in [-0.25, -0.2) is 23.4 Å². The highest BCUT2D eigenvalue weighted by Crippen LogP contribution is 2.32. The lowest BCUT2D eigenvalue weighted by atomic mass is 10.0. The lowest BCUT2D eigenvalue weighted by molar-refractivity contribution is -0.136. The molecule has 6 amide bonds. The number of fused-ring (bicyclic) bond motifs is 1. The van der Waals surface area contributed by atoms with Gasteiger partial charge in [0.15, 0.2) is 11.4 Å². The summed E-state index contributed by atoms with van der Waals surface area (Å²) < 4.78 is 40.6. The largest absolute Gasteiger partial charge is 0.444 e. The molecule has 3 fully saturated rings. The number of alkyl halides is 2. The standard InChI is InChI=1S/C46H47F2N11O8/c47-40(48)39-34(53-42(62)35-25-67-44(54-35)28-11-14-49-37(21-28)51-23-26-1-2-26)24-58(56-39)31-6-3-27(4-7-31)41(61)50-15-19-66-20-18-57-16-12-29(13-17-57)52-30-5-8-32-33(22-30)46(65)59(45(32)64)36-9-10-38(60)55-43(36)63/h3-8,11,14,21-22,24-26,29,36,40,52H,1-2,9-10,12-13,15-20,23H2,(H,49,51)(H,50,61)(H,53,62)(H,55,60,63). The van der Waals surface area contributed by atoms with Gasteiger partial charge in [-0.2, -0.15) is 5.10 Å². The molecule has 0 radical (unpaired) electrons. The Morgan fingerprint density at radius 2 is 1.70 bits per heavy atom. The third-order valence-electron chi connectivity index (χ3n) is 12.1. The fourth-order valence-electron chi connectivity index (χ4n) is 8.20. The molecule has 4 aliphatic rings. The molecule has 67 heavy (non-hydrogen) atoms. The molecule has 0 bridgehead atoms. The van der Waals surface area contributed by atoms with E-state index < -0.39 is 47.7 Å². The van der Waals surface area contributed by atoms with Crippen LogP contribution in [0.15, 0.2) is 77.7 Å². The molecule has 1 atom stereocenters. The van der Waals surface area contributed by atoms with Crippen LogP contribution in [0.5, 0.6) is 0 Å². The van der Waals surface area contributed by atoms with E-state index in [0.29, 0.717) is 54.0 Å². The predicted molar refractivity (Wildman–Crippen MR) is 237 cm³/mol. The van der Waals surface area contributed by atoms with Crippen LogP contribution >= 0.6 is 0 Å². The third-order valence-corrected chi connectivity index (χ3v) is 12.1. The maximum absolute atomic E-state index is 14.1. The van der Waals surface area contributed by atoms with Crippen LogP contribution in [0.3, 0.4) is 0 Å². The Hall–Kier alpha value is -7.39. The number of anilines is 3. The Morgan fingerprint density at radius 1 is 0.910 bits per heavy atom. The van der Waals surface area contributed by atoms with Crippen LogP contribution in [-0.2, 0) is 14.3 Å². The van der Waals surface area contributed by atoms with Crippen LogP contribution in [0.2, 0.25) is 0 Å². The van der Waals surface area contributed by atoms with Crippen LogP contribution in [0.1, 0.15) is 92.2 Å². The molecule has 1 aliphatic carbocycles. The number of nitrogens with one attached hydrogen (secondary N) is 5. The first-order valence-electron chi connectivity index (χ1n) is 22.1. The SMILES string of the molecule is O=C1CCC(N2C(=O)c3ccc(NC4CCN(CCOCCNC(=O)c5ccc(-n6cc(NC(=O)c7coc(-c8ccnc(NCC9CC9)c8)n7)c(C(F)F)n6)cc5)CC4)cc3C2=O)C(=O)N1. The zero-order chi connectivity index (χ0) is 46.6. The van der Waals surface area contributed by atoms with Crippen LogP contribution in [0, 0.1) is 5.92 Å². The fourth-order valence-corrected chi connectivity index (χ4v) is 8.20. The second-order valence-corrected chi connectivity index (χ2v) is 16.8. The number of hydrogen-bond donors (Lipinski definition) is 5. The zero-order valence-corrected chi connectivity index (χ0v) is 36.1. The van der Waals surface area contributed by atoms with E-state index in [4.69, 9.17) is 9.15 Å². The lowest BCUT2D eigenvalue weighted by Gasteiger charge is -2.32. The van der Waals surface area contributed by atoms with Crippen molar-refractivity contribution in [1.29, 1.82) is 0 Å². The Balaban J connectivity index is 0.685. The summed E-state index contributed by atoms with van der Waals surface area (Å²) in [4.78, 5) is 87.9. The molecule has 6 heterocycles. The number of hydrogen-bond acceptors (Lipinski definition) is 14. The predicted octanol–water partition coefficient (Wildman–Crippen LogP) is 4.66. The molecule has 2 saturated heterocycles. The first-order valence-corrected chi connectivity index (χ1v) is 22.1. The number of pyridine rings is 1. The average molecular weight is 920 g/mol. The highest BCUT2D eigenvalue weighted by atomic mass is 19.3. The van der Waals surface area contributed by atoms with E-state index in [9.17, 15) is 37.5 Å². The molecule has 2 aromatic carbocycles. The molecule has 19 nitrogen and oxygen atoms in total. The molecule has 1 saturated carbocycles. The molecular formula is C46H47F2N11O8. The highest BCUT2D eigenvalue weighted by molar-refractivity contribution is 6.23. The molecular weight excluding hydrogens is 873 g/mol. The van der Waals surface area contributed by atoms with Gasteiger partial charge >= 0.3 is 0 Å². The van der Waals surface area contributed by atoms with E-state index in [1.807, 2.05) is 0 Å². The normalized spacial score (nSPS) is 17.7. The van der Waals surface area contributed by atoms with Crippen molar-refractivity contribution in [3.8, 4) is 17.1 Å². The second-order valence-electron chi connectivity index (χ2n) is 16.8. The summed E-state index contributed by atoms with van der Waals surface area (Å²) in [5, 5.41) is 18.2. The van der Waals surface area contributed by atoms with Gasteiger partial charge in [-0.15, -0.1) is 0 Å². The summed E-state index contributed by atoms with van der Waals surface area (Å²) in [5.74, 6) is -1.80. The number of oxazole rings is 1. The van der Waals surface area contributed by atoms with E-state index in [0.717, 1.165) is 43.6 Å². The number of nitrogens with zero attached hydrogens (tertiary/aromatic N) is 6. The number of rotatable bonds is 18. The van der Waals surface area contributed by atoms with Gasteiger partial charge in [-0.3, -0.25) is 39.0 Å². The summed E-state index contributed by atoms with van der Waals surface area (Å²) in [7, 11) is 0. The molecule has 9 rings (SSSR count). The number of piperidine rings is 2. The van der Waals surface area contributed by atoms with Gasteiger partial charge in [0, 0.05) is 68.2 Å². The molecule has 348 valence electrons. The van der Waals surface area contributed by atoms with Crippen LogP contribution < -0.4 is 26.6 Å².